The number of aromatic nitrogens is 4. The minimum absolute atomic E-state index is 0.266. The quantitative estimate of drug-likeness (QED) is 0.267. The molecule has 1 aromatic rings. The first-order chi connectivity index (χ1) is 13.9. The fourth-order valence-corrected chi connectivity index (χ4v) is 3.45. The van der Waals surface area contributed by atoms with Crippen LogP contribution in [0.25, 0.3) is 0 Å². The second kappa shape index (κ2) is 11.0. The molecule has 0 radical (unpaired) electrons. The number of tetrazole rings is 1. The Morgan fingerprint density at radius 1 is 1.38 bits per heavy atom. The van der Waals surface area contributed by atoms with Crippen molar-refractivity contribution in [3.63, 3.8) is 0 Å². The van der Waals surface area contributed by atoms with Gasteiger partial charge in [0, 0.05) is 19.6 Å². The van der Waals surface area contributed by atoms with E-state index in [0.29, 0.717) is 32.0 Å². The van der Waals surface area contributed by atoms with Crippen LogP contribution >= 0.6 is 0 Å². The van der Waals surface area contributed by atoms with Gasteiger partial charge in [-0.25, -0.2) is 15.0 Å². The van der Waals surface area contributed by atoms with Gasteiger partial charge in [-0.15, -0.1) is 9.38 Å². The van der Waals surface area contributed by atoms with Crippen LogP contribution in [0.2, 0.25) is 0 Å². The Labute approximate surface area is 167 Å². The molecule has 4 heterocycles. The molecule has 1 aromatic heterocycles. The molecule has 0 spiro atoms. The zero-order chi connectivity index (χ0) is 21.3. The molecular weight excluding hydrogens is 412 g/mol. The van der Waals surface area contributed by atoms with Crippen LogP contribution in [-0.2, 0) is 24.3 Å². The van der Waals surface area contributed by atoms with Crippen LogP contribution in [0.3, 0.4) is 0 Å². The van der Waals surface area contributed by atoms with E-state index in [1.807, 2.05) is 5.48 Å². The number of hydrogen-bond acceptors (Lipinski definition) is 10. The highest BCUT2D eigenvalue weighted by Crippen LogP contribution is 2.26. The molecule has 4 rings (SSSR count). The molecule has 2 unspecified atom stereocenters. The van der Waals surface area contributed by atoms with E-state index in [9.17, 15) is 13.2 Å². The second-order valence-corrected chi connectivity index (χ2v) is 7.23. The van der Waals surface area contributed by atoms with Crippen LogP contribution in [0, 0.1) is 0 Å². The second-order valence-electron chi connectivity index (χ2n) is 6.23. The fraction of sp³-hybridized carbons (Fsp3) is 0.769. The number of rotatable bonds is 5. The number of hydrogen-bond donors (Lipinski definition) is 3. The largest absolute Gasteiger partial charge is 0.418 e. The van der Waals surface area contributed by atoms with E-state index in [2.05, 4.69) is 30.0 Å². The third-order valence-electron chi connectivity index (χ3n) is 4.30. The van der Waals surface area contributed by atoms with Crippen LogP contribution in [0.5, 0.6) is 0 Å². The number of carbonyl (C=O) groups is 2. The summed E-state index contributed by atoms with van der Waals surface area (Å²) in [6, 6.07) is -0.293. The highest BCUT2D eigenvalue weighted by molar-refractivity contribution is 7.80. The van der Waals surface area contributed by atoms with Crippen LogP contribution in [0.1, 0.15) is 25.3 Å². The average Bonchev–Trinajstić information content (AvgIpc) is 3.42. The Bertz CT molecular complexity index is 740. The van der Waals surface area contributed by atoms with Gasteiger partial charge in [-0.3, -0.25) is 14.2 Å². The summed E-state index contributed by atoms with van der Waals surface area (Å²) in [5.74, 6) is 0. The van der Waals surface area contributed by atoms with Crippen molar-refractivity contribution >= 4 is 22.8 Å². The lowest BCUT2D eigenvalue weighted by Gasteiger charge is -2.20. The van der Waals surface area contributed by atoms with Gasteiger partial charge in [0.25, 0.3) is 0 Å². The number of urea groups is 1. The third-order valence-corrected chi connectivity index (χ3v) is 4.65. The molecule has 2 atom stereocenters. The number of amides is 3. The van der Waals surface area contributed by atoms with Crippen molar-refractivity contribution in [1.82, 2.24) is 41.0 Å². The summed E-state index contributed by atoms with van der Waals surface area (Å²) in [7, 11) is -3.23. The predicted molar refractivity (Wildman–Crippen MR) is 95.0 cm³/mol. The van der Waals surface area contributed by atoms with E-state index in [0.717, 1.165) is 31.0 Å². The molecule has 2 bridgehead atoms. The van der Waals surface area contributed by atoms with E-state index >= 15 is 0 Å². The summed E-state index contributed by atoms with van der Waals surface area (Å²) in [4.78, 5) is 26.2. The van der Waals surface area contributed by atoms with E-state index < -0.39 is 16.4 Å². The van der Waals surface area contributed by atoms with Crippen molar-refractivity contribution in [2.24, 2.45) is 0 Å². The Kier molecular flexibility index (Phi) is 8.65. The Morgan fingerprint density at radius 2 is 2.17 bits per heavy atom. The van der Waals surface area contributed by atoms with E-state index in [1.54, 1.807) is 11.0 Å². The van der Waals surface area contributed by atoms with Crippen LogP contribution in [0.15, 0.2) is 6.33 Å². The van der Waals surface area contributed by atoms with Gasteiger partial charge in [0.15, 0.2) is 0 Å². The first-order valence-electron chi connectivity index (χ1n) is 8.76. The van der Waals surface area contributed by atoms with Gasteiger partial charge in [0.1, 0.15) is 6.33 Å². The van der Waals surface area contributed by atoms with Gasteiger partial charge in [0.2, 0.25) is 6.41 Å². The third kappa shape index (κ3) is 7.17. The first kappa shape index (κ1) is 22.9. The molecule has 3 saturated heterocycles. The van der Waals surface area contributed by atoms with E-state index in [-0.39, 0.29) is 6.04 Å². The number of fused-ring (bicyclic) bond motifs is 2. The maximum absolute atomic E-state index is 11.4. The molecule has 0 aliphatic carbocycles. The molecule has 0 aromatic carbocycles. The number of hydroxylamine groups is 3. The molecule has 3 N–H and O–H groups in total. The average molecular weight is 436 g/mol. The van der Waals surface area contributed by atoms with Crippen molar-refractivity contribution in [2.45, 2.75) is 31.3 Å². The monoisotopic (exact) mass is 436 g/mol. The molecule has 3 aliphatic rings. The number of carbonyl (C=O) groups excluding carboxylic acids is 2. The number of nitrogens with one attached hydrogen (secondary N) is 2. The van der Waals surface area contributed by atoms with Crippen molar-refractivity contribution in [2.75, 3.05) is 33.3 Å². The van der Waals surface area contributed by atoms with Crippen LogP contribution < -0.4 is 10.8 Å². The van der Waals surface area contributed by atoms with Crippen molar-refractivity contribution < 1.29 is 31.7 Å². The minimum Gasteiger partial charge on any atom is -0.321 e. The maximum Gasteiger partial charge on any atom is 0.418 e. The lowest BCUT2D eigenvalue weighted by atomic mass is 10.1. The number of piperidine rings is 1. The molecule has 16 heteroatoms. The van der Waals surface area contributed by atoms with E-state index in [1.165, 1.54) is 12.0 Å². The predicted octanol–water partition coefficient (Wildman–Crippen LogP) is -1.88. The summed E-state index contributed by atoms with van der Waals surface area (Å²) in [5, 5.41) is 14.9. The minimum atomic E-state index is -4.60. The summed E-state index contributed by atoms with van der Waals surface area (Å²) in [5.41, 5.74) is 1.93. The standard InChI is InChI=1S/C6H10N2O5S.C5H9N5.C2H5NO2/c9-6-7-3-1-2-5(4-7)8(6)13-14(10,11)12;1-2-6-3-5(1)10-4-7-8-9-10;1-5-3-2-4/h5H,1-4H2,(H,10,11,12);4-6H,1-3H2;2H,1H3,(H,3,4). The van der Waals surface area contributed by atoms with Gasteiger partial charge >= 0.3 is 16.4 Å². The summed E-state index contributed by atoms with van der Waals surface area (Å²) in [6.45, 7) is 3.14. The zero-order valence-electron chi connectivity index (χ0n) is 15.7. The lowest BCUT2D eigenvalue weighted by Crippen LogP contribution is -2.35. The molecule has 3 amide bonds. The lowest BCUT2D eigenvalue weighted by molar-refractivity contribution is -0.118. The SMILES string of the molecule is CONC=O.O=C1N2CCCC(C2)N1OS(=O)(=O)O.c1nnnn1C1CCNC1. The van der Waals surface area contributed by atoms with E-state index in [4.69, 9.17) is 9.35 Å². The molecule has 29 heavy (non-hydrogen) atoms. The van der Waals surface area contributed by atoms with Gasteiger partial charge in [-0.05, 0) is 36.2 Å². The number of nitrogens with zero attached hydrogens (tertiary/aromatic N) is 6. The first-order valence-corrected chi connectivity index (χ1v) is 10.1. The van der Waals surface area contributed by atoms with Crippen molar-refractivity contribution in [3.05, 3.63) is 6.33 Å². The van der Waals surface area contributed by atoms with Crippen molar-refractivity contribution in [3.8, 4) is 0 Å². The molecule has 3 fully saturated rings. The Morgan fingerprint density at radius 3 is 2.66 bits per heavy atom. The van der Waals surface area contributed by atoms with Gasteiger partial charge < -0.3 is 10.2 Å². The normalized spacial score (nSPS) is 23.0. The molecular formula is C13H24N8O7S. The topological polar surface area (TPSA) is 181 Å². The summed E-state index contributed by atoms with van der Waals surface area (Å²) in [6.07, 6.45) is 4.77. The highest BCUT2D eigenvalue weighted by Gasteiger charge is 2.42. The van der Waals surface area contributed by atoms with Crippen molar-refractivity contribution in [1.29, 1.82) is 0 Å². The highest BCUT2D eigenvalue weighted by atomic mass is 32.3. The van der Waals surface area contributed by atoms with Gasteiger partial charge in [0.05, 0.1) is 19.2 Å². The van der Waals surface area contributed by atoms with Gasteiger partial charge in [-0.1, -0.05) is 0 Å². The maximum atomic E-state index is 11.4. The Hall–Kier alpha value is -2.40. The smallest absolute Gasteiger partial charge is 0.321 e. The molecule has 164 valence electrons. The summed E-state index contributed by atoms with van der Waals surface area (Å²) >= 11 is 0. The molecule has 15 nitrogen and oxygen atoms in total. The summed E-state index contributed by atoms with van der Waals surface area (Å²) < 4.78 is 35.3. The zero-order valence-corrected chi connectivity index (χ0v) is 16.6. The van der Waals surface area contributed by atoms with Gasteiger partial charge in [-0.2, -0.15) is 13.5 Å². The Balaban J connectivity index is 0.000000175. The van der Waals surface area contributed by atoms with Crippen LogP contribution in [-0.4, -0.2) is 94.9 Å². The molecule has 0 saturated carbocycles. The fourth-order valence-electron chi connectivity index (χ4n) is 3.06. The van der Waals surface area contributed by atoms with Crippen LogP contribution in [0.4, 0.5) is 4.79 Å². The molecule has 3 aliphatic heterocycles.